The van der Waals surface area contributed by atoms with Crippen molar-refractivity contribution in [1.29, 1.82) is 0 Å². The highest BCUT2D eigenvalue weighted by molar-refractivity contribution is 5.81. The Morgan fingerprint density at radius 1 is 1.60 bits per heavy atom. The van der Waals surface area contributed by atoms with Crippen molar-refractivity contribution in [2.75, 3.05) is 33.9 Å². The maximum Gasteiger partial charge on any atom is 0.242 e. The third-order valence-electron chi connectivity index (χ3n) is 3.26. The quantitative estimate of drug-likeness (QED) is 0.832. The molecule has 0 saturated carbocycles. The number of nitrogens with one attached hydrogen (secondary N) is 1. The van der Waals surface area contributed by atoms with E-state index in [1.165, 1.54) is 7.11 Å². The molecule has 1 aromatic rings. The van der Waals surface area contributed by atoms with Crippen molar-refractivity contribution >= 4 is 5.91 Å². The Hall–Kier alpha value is -1.79. The van der Waals surface area contributed by atoms with E-state index < -0.39 is 0 Å². The molecular weight excluding hydrogens is 260 g/mol. The molecule has 20 heavy (non-hydrogen) atoms. The number of phenols is 1. The summed E-state index contributed by atoms with van der Waals surface area (Å²) in [5.41, 5.74) is 0.843. The lowest BCUT2D eigenvalue weighted by atomic mass is 10.1. The Bertz CT molecular complexity index is 472. The minimum Gasteiger partial charge on any atom is -0.504 e. The predicted octanol–water partition coefficient (Wildman–Crippen LogP) is 0.348. The number of aromatic hydroxyl groups is 1. The van der Waals surface area contributed by atoms with Crippen molar-refractivity contribution in [3.8, 4) is 11.5 Å². The van der Waals surface area contributed by atoms with Crippen molar-refractivity contribution in [2.45, 2.75) is 12.6 Å². The van der Waals surface area contributed by atoms with E-state index in [4.69, 9.17) is 9.47 Å². The summed E-state index contributed by atoms with van der Waals surface area (Å²) in [6.07, 6.45) is 0. The molecular formula is C14H20N2O4. The summed E-state index contributed by atoms with van der Waals surface area (Å²) < 4.78 is 10.3. The molecule has 0 aromatic heterocycles. The van der Waals surface area contributed by atoms with Crippen molar-refractivity contribution in [3.05, 3.63) is 23.8 Å². The summed E-state index contributed by atoms with van der Waals surface area (Å²) in [5.74, 6) is 0.482. The molecule has 1 amide bonds. The molecule has 0 spiro atoms. The molecule has 1 heterocycles. The summed E-state index contributed by atoms with van der Waals surface area (Å²) in [4.78, 5) is 13.8. The maximum absolute atomic E-state index is 12.2. The lowest BCUT2D eigenvalue weighted by Crippen LogP contribution is -2.51. The smallest absolute Gasteiger partial charge is 0.242 e. The van der Waals surface area contributed by atoms with Gasteiger partial charge in [0.1, 0.15) is 6.04 Å². The molecule has 0 bridgehead atoms. The van der Waals surface area contributed by atoms with Gasteiger partial charge >= 0.3 is 0 Å². The van der Waals surface area contributed by atoms with Crippen LogP contribution in [0.3, 0.4) is 0 Å². The van der Waals surface area contributed by atoms with Crippen molar-refractivity contribution in [3.63, 3.8) is 0 Å². The number of carbonyl (C=O) groups excluding carboxylic acids is 1. The molecule has 0 radical (unpaired) electrons. The third kappa shape index (κ3) is 3.40. The lowest BCUT2D eigenvalue weighted by Gasteiger charge is -2.27. The average Bonchev–Trinajstić information content (AvgIpc) is 2.47. The Morgan fingerprint density at radius 2 is 2.40 bits per heavy atom. The van der Waals surface area contributed by atoms with Crippen LogP contribution in [0.15, 0.2) is 18.2 Å². The van der Waals surface area contributed by atoms with E-state index in [2.05, 4.69) is 5.32 Å². The molecule has 0 aliphatic carbocycles. The van der Waals surface area contributed by atoms with Crippen LogP contribution in [0, 0.1) is 0 Å². The monoisotopic (exact) mass is 280 g/mol. The highest BCUT2D eigenvalue weighted by atomic mass is 16.5. The Kier molecular flexibility index (Phi) is 4.81. The van der Waals surface area contributed by atoms with Gasteiger partial charge in [-0.05, 0) is 17.7 Å². The van der Waals surface area contributed by atoms with Crippen LogP contribution in [-0.2, 0) is 16.1 Å². The van der Waals surface area contributed by atoms with Gasteiger partial charge in [-0.25, -0.2) is 0 Å². The normalized spacial score (nSPS) is 18.6. The second-order valence-corrected chi connectivity index (χ2v) is 4.78. The van der Waals surface area contributed by atoms with Crippen molar-refractivity contribution < 1.29 is 19.4 Å². The first-order valence-electron chi connectivity index (χ1n) is 6.54. The van der Waals surface area contributed by atoms with Crippen LogP contribution < -0.4 is 10.1 Å². The number of nitrogens with zero attached hydrogens (tertiary/aromatic N) is 1. The van der Waals surface area contributed by atoms with Crippen LogP contribution in [-0.4, -0.2) is 55.9 Å². The Balaban J connectivity index is 1.98. The van der Waals surface area contributed by atoms with Crippen LogP contribution in [0.1, 0.15) is 5.56 Å². The van der Waals surface area contributed by atoms with Crippen molar-refractivity contribution in [1.82, 2.24) is 10.2 Å². The number of rotatable bonds is 4. The summed E-state index contributed by atoms with van der Waals surface area (Å²) in [7, 11) is 3.24. The second kappa shape index (κ2) is 6.58. The number of likely N-dealkylation sites (N-methyl/N-ethyl adjacent to an activating group) is 1. The number of hydrogen-bond acceptors (Lipinski definition) is 5. The zero-order chi connectivity index (χ0) is 14.5. The largest absolute Gasteiger partial charge is 0.504 e. The van der Waals surface area contributed by atoms with Gasteiger partial charge < -0.3 is 24.8 Å². The molecule has 6 heteroatoms. The molecule has 1 aromatic carbocycles. The summed E-state index contributed by atoms with van der Waals surface area (Å²) >= 11 is 0. The van der Waals surface area contributed by atoms with E-state index in [-0.39, 0.29) is 17.7 Å². The number of amides is 1. The molecule has 1 fully saturated rings. The van der Waals surface area contributed by atoms with E-state index in [9.17, 15) is 9.90 Å². The van der Waals surface area contributed by atoms with Crippen LogP contribution in [0.2, 0.25) is 0 Å². The molecule has 1 unspecified atom stereocenters. The zero-order valence-electron chi connectivity index (χ0n) is 11.8. The maximum atomic E-state index is 12.2. The number of methoxy groups -OCH3 is 1. The summed E-state index contributed by atoms with van der Waals surface area (Å²) in [6, 6.07) is 4.83. The molecule has 1 aliphatic heterocycles. The number of ether oxygens (including phenoxy) is 2. The molecule has 2 rings (SSSR count). The van der Waals surface area contributed by atoms with E-state index in [0.29, 0.717) is 32.1 Å². The van der Waals surface area contributed by atoms with E-state index >= 15 is 0 Å². The standard InChI is InChI=1S/C14H20N2O4/c1-16(14(18)11-9-20-6-5-15-11)8-10-3-4-13(19-2)12(17)7-10/h3-4,7,11,15,17H,5-6,8-9H2,1-2H3. The molecule has 1 saturated heterocycles. The first-order chi connectivity index (χ1) is 9.61. The third-order valence-corrected chi connectivity index (χ3v) is 3.26. The number of phenolic OH excluding ortho intramolecular Hbond substituents is 1. The molecule has 2 N–H and O–H groups in total. The van der Waals surface area contributed by atoms with Gasteiger partial charge in [0.25, 0.3) is 0 Å². The molecule has 110 valence electrons. The minimum atomic E-state index is -0.291. The van der Waals surface area contributed by atoms with Gasteiger partial charge in [-0.2, -0.15) is 0 Å². The van der Waals surface area contributed by atoms with Gasteiger partial charge in [0.05, 0.1) is 20.3 Å². The topological polar surface area (TPSA) is 71.0 Å². The number of morpholine rings is 1. The summed E-state index contributed by atoms with van der Waals surface area (Å²) in [5, 5.41) is 12.9. The fourth-order valence-electron chi connectivity index (χ4n) is 2.18. The van der Waals surface area contributed by atoms with Crippen LogP contribution in [0.4, 0.5) is 0 Å². The Morgan fingerprint density at radius 3 is 3.00 bits per heavy atom. The first kappa shape index (κ1) is 14.6. The molecule has 1 atom stereocenters. The Labute approximate surface area is 118 Å². The van der Waals surface area contributed by atoms with Gasteiger partial charge in [-0.3, -0.25) is 4.79 Å². The number of hydrogen-bond donors (Lipinski definition) is 2. The van der Waals surface area contributed by atoms with Gasteiger partial charge in [0.2, 0.25) is 5.91 Å². The zero-order valence-corrected chi connectivity index (χ0v) is 11.8. The average molecular weight is 280 g/mol. The number of carbonyl (C=O) groups is 1. The van der Waals surface area contributed by atoms with Gasteiger partial charge in [-0.1, -0.05) is 6.07 Å². The fourth-order valence-corrected chi connectivity index (χ4v) is 2.18. The van der Waals surface area contributed by atoms with Crippen LogP contribution in [0.25, 0.3) is 0 Å². The SMILES string of the molecule is COc1ccc(CN(C)C(=O)C2COCCN2)cc1O. The van der Waals surface area contributed by atoms with Gasteiger partial charge in [0.15, 0.2) is 11.5 Å². The molecule has 1 aliphatic rings. The second-order valence-electron chi connectivity index (χ2n) is 4.78. The van der Waals surface area contributed by atoms with Crippen molar-refractivity contribution in [2.24, 2.45) is 0 Å². The van der Waals surface area contributed by atoms with Gasteiger partial charge in [-0.15, -0.1) is 0 Å². The van der Waals surface area contributed by atoms with E-state index in [1.54, 1.807) is 24.1 Å². The lowest BCUT2D eigenvalue weighted by molar-refractivity contribution is -0.135. The van der Waals surface area contributed by atoms with E-state index in [0.717, 1.165) is 5.56 Å². The van der Waals surface area contributed by atoms with E-state index in [1.807, 2.05) is 6.07 Å². The van der Waals surface area contributed by atoms with Crippen LogP contribution >= 0.6 is 0 Å². The first-order valence-corrected chi connectivity index (χ1v) is 6.54. The predicted molar refractivity (Wildman–Crippen MR) is 73.7 cm³/mol. The number of benzene rings is 1. The summed E-state index contributed by atoms with van der Waals surface area (Å²) in [6.45, 7) is 2.15. The minimum absolute atomic E-state index is 0.0139. The highest BCUT2D eigenvalue weighted by Crippen LogP contribution is 2.26. The van der Waals surface area contributed by atoms with Crippen LogP contribution in [0.5, 0.6) is 11.5 Å². The highest BCUT2D eigenvalue weighted by Gasteiger charge is 2.24. The van der Waals surface area contributed by atoms with Gasteiger partial charge in [0, 0.05) is 20.1 Å². The fraction of sp³-hybridized carbons (Fsp3) is 0.500. The molecule has 6 nitrogen and oxygen atoms in total.